The van der Waals surface area contributed by atoms with Gasteiger partial charge in [-0.2, -0.15) is 0 Å². The Morgan fingerprint density at radius 1 is 1.14 bits per heavy atom. The van der Waals surface area contributed by atoms with Crippen LogP contribution in [0.15, 0.2) is 35.5 Å². The zero-order chi connectivity index (χ0) is 20.6. The third-order valence-electron chi connectivity index (χ3n) is 6.16. The van der Waals surface area contributed by atoms with Crippen molar-refractivity contribution in [3.8, 4) is 5.69 Å². The van der Waals surface area contributed by atoms with Crippen LogP contribution >= 0.6 is 11.6 Å². The molecule has 5 heteroatoms. The molecule has 1 heterocycles. The van der Waals surface area contributed by atoms with E-state index in [4.69, 9.17) is 16.4 Å². The first-order valence-corrected chi connectivity index (χ1v) is 11.0. The topological polar surface area (TPSA) is 43.6 Å². The summed E-state index contributed by atoms with van der Waals surface area (Å²) in [6, 6.07) is 10.1. The summed E-state index contributed by atoms with van der Waals surface area (Å²) in [5, 5.41) is 5.12. The van der Waals surface area contributed by atoms with Gasteiger partial charge in [0.2, 0.25) is 0 Å². The molecule has 0 aliphatic heterocycles. The van der Waals surface area contributed by atoms with E-state index in [9.17, 15) is 4.79 Å². The van der Waals surface area contributed by atoms with E-state index < -0.39 is 0 Å². The number of aromatic nitrogens is 1. The van der Waals surface area contributed by atoms with Crippen molar-refractivity contribution in [2.75, 3.05) is 0 Å². The van der Waals surface area contributed by atoms with Crippen LogP contribution < -0.4 is 0 Å². The van der Waals surface area contributed by atoms with Crippen LogP contribution in [0.4, 0.5) is 0 Å². The van der Waals surface area contributed by atoms with Gasteiger partial charge in [-0.1, -0.05) is 49.9 Å². The smallest absolute Gasteiger partial charge is 0.318 e. The zero-order valence-corrected chi connectivity index (χ0v) is 18.3. The average Bonchev–Trinajstić information content (AvgIpc) is 3.02. The molecule has 2 aliphatic rings. The van der Waals surface area contributed by atoms with Crippen molar-refractivity contribution >= 4 is 23.3 Å². The van der Waals surface area contributed by atoms with Crippen molar-refractivity contribution in [2.45, 2.75) is 65.7 Å². The molecule has 0 amide bonds. The maximum atomic E-state index is 12.5. The molecule has 1 aromatic carbocycles. The number of carbonyl (C=O) groups excluding carboxylic acids is 1. The second-order valence-corrected chi connectivity index (χ2v) is 9.70. The van der Waals surface area contributed by atoms with E-state index in [1.807, 2.05) is 24.3 Å². The summed E-state index contributed by atoms with van der Waals surface area (Å²) in [5.41, 5.74) is 5.45. The van der Waals surface area contributed by atoms with Crippen LogP contribution in [0.25, 0.3) is 5.69 Å². The molecule has 0 bridgehead atoms. The molecule has 0 unspecified atom stereocenters. The molecule has 4 nitrogen and oxygen atoms in total. The van der Waals surface area contributed by atoms with Gasteiger partial charge in [0.25, 0.3) is 0 Å². The molecule has 2 aliphatic carbocycles. The Bertz CT molecular complexity index is 935. The van der Waals surface area contributed by atoms with E-state index in [-0.39, 0.29) is 17.3 Å². The van der Waals surface area contributed by atoms with E-state index in [2.05, 4.69) is 36.6 Å². The Morgan fingerprint density at radius 2 is 1.83 bits per heavy atom. The minimum Gasteiger partial charge on any atom is -0.318 e. The largest absolute Gasteiger partial charge is 0.338 e. The molecule has 0 N–H and O–H groups in total. The maximum absolute atomic E-state index is 12.5. The number of benzene rings is 1. The van der Waals surface area contributed by atoms with Gasteiger partial charge in [0.05, 0.1) is 11.6 Å². The van der Waals surface area contributed by atoms with Crippen molar-refractivity contribution in [2.24, 2.45) is 16.5 Å². The van der Waals surface area contributed by atoms with Gasteiger partial charge in [-0.05, 0) is 68.4 Å². The summed E-state index contributed by atoms with van der Waals surface area (Å²) < 4.78 is 2.27. The van der Waals surface area contributed by atoms with Gasteiger partial charge >= 0.3 is 5.97 Å². The maximum Gasteiger partial charge on any atom is 0.338 e. The number of halogens is 1. The van der Waals surface area contributed by atoms with E-state index in [1.54, 1.807) is 0 Å². The highest BCUT2D eigenvalue weighted by molar-refractivity contribution is 6.30. The van der Waals surface area contributed by atoms with Crippen LogP contribution in [0.1, 0.15) is 69.3 Å². The molecule has 0 atom stereocenters. The second kappa shape index (κ2) is 7.98. The van der Waals surface area contributed by atoms with Gasteiger partial charge in [-0.15, -0.1) is 0 Å². The van der Waals surface area contributed by atoms with Gasteiger partial charge < -0.3 is 9.40 Å². The molecule has 0 radical (unpaired) electrons. The van der Waals surface area contributed by atoms with Crippen molar-refractivity contribution < 1.29 is 9.63 Å². The summed E-state index contributed by atoms with van der Waals surface area (Å²) in [5.74, 6) is -0.166. The third-order valence-corrected chi connectivity index (χ3v) is 6.41. The molecule has 1 saturated carbocycles. The molecular weight excluding hydrogens is 384 g/mol. The first-order chi connectivity index (χ1) is 13.8. The summed E-state index contributed by atoms with van der Waals surface area (Å²) >= 11 is 6.08. The number of fused-ring (bicyclic) bond motifs is 1. The molecule has 2 aromatic rings. The highest BCUT2D eigenvalue weighted by Crippen LogP contribution is 2.38. The standard InChI is InChI=1S/C24H29ClN2O2/c1-16-13-20-21(26-29-23(28)17-7-5-4-6-8-17)14-24(2,3)15-22(20)27(16)19-11-9-18(25)10-12-19/h9-13,17H,4-8,14-15H2,1-3H3/b26-21+. The number of carbonyl (C=O) groups is 1. The Balaban J connectivity index is 1.67. The fraction of sp³-hybridized carbons (Fsp3) is 0.500. The van der Waals surface area contributed by atoms with E-state index in [0.717, 1.165) is 66.2 Å². The Morgan fingerprint density at radius 3 is 2.52 bits per heavy atom. The lowest BCUT2D eigenvalue weighted by molar-refractivity contribution is -0.149. The Kier molecular flexibility index (Phi) is 5.56. The third kappa shape index (κ3) is 4.28. The first kappa shape index (κ1) is 20.2. The highest BCUT2D eigenvalue weighted by atomic mass is 35.5. The zero-order valence-electron chi connectivity index (χ0n) is 17.5. The second-order valence-electron chi connectivity index (χ2n) is 9.26. The van der Waals surface area contributed by atoms with Crippen LogP contribution in [-0.2, 0) is 16.1 Å². The number of nitrogens with zero attached hydrogens (tertiary/aromatic N) is 2. The van der Waals surface area contributed by atoms with Crippen molar-refractivity contribution in [1.82, 2.24) is 4.57 Å². The highest BCUT2D eigenvalue weighted by Gasteiger charge is 2.34. The summed E-state index contributed by atoms with van der Waals surface area (Å²) in [4.78, 5) is 18.0. The molecule has 1 fully saturated rings. The van der Waals surface area contributed by atoms with Crippen LogP contribution in [0.3, 0.4) is 0 Å². The van der Waals surface area contributed by atoms with E-state index >= 15 is 0 Å². The van der Waals surface area contributed by atoms with Gasteiger partial charge in [0.1, 0.15) is 0 Å². The number of hydrogen-bond donors (Lipinski definition) is 0. The number of aryl methyl sites for hydroxylation is 1. The lowest BCUT2D eigenvalue weighted by Crippen LogP contribution is -2.29. The number of rotatable bonds is 3. The van der Waals surface area contributed by atoms with Crippen molar-refractivity contribution in [3.05, 3.63) is 52.3 Å². The molecule has 0 spiro atoms. The first-order valence-electron chi connectivity index (χ1n) is 10.6. The SMILES string of the molecule is Cc1cc2c(n1-c1ccc(Cl)cc1)CC(C)(C)C/C2=N\OC(=O)C1CCCCC1. The van der Waals surface area contributed by atoms with Crippen molar-refractivity contribution in [3.63, 3.8) is 0 Å². The molecule has 154 valence electrons. The predicted molar refractivity (Wildman–Crippen MR) is 117 cm³/mol. The fourth-order valence-electron chi connectivity index (χ4n) is 4.72. The van der Waals surface area contributed by atoms with Crippen LogP contribution in [0, 0.1) is 18.3 Å². The molecule has 0 saturated heterocycles. The van der Waals surface area contributed by atoms with Gasteiger partial charge in [-0.25, -0.2) is 4.79 Å². The van der Waals surface area contributed by atoms with Gasteiger partial charge in [-0.3, -0.25) is 0 Å². The number of oxime groups is 1. The minimum absolute atomic E-state index is 0.00423. The van der Waals surface area contributed by atoms with Crippen molar-refractivity contribution in [1.29, 1.82) is 0 Å². The van der Waals surface area contributed by atoms with Crippen LogP contribution in [0.5, 0.6) is 0 Å². The monoisotopic (exact) mass is 412 g/mol. The molecular formula is C24H29ClN2O2. The van der Waals surface area contributed by atoms with Crippen LogP contribution in [-0.4, -0.2) is 16.2 Å². The normalized spacial score (nSPS) is 20.5. The molecule has 1 aromatic heterocycles. The van der Waals surface area contributed by atoms with Crippen LogP contribution in [0.2, 0.25) is 5.02 Å². The van der Waals surface area contributed by atoms with E-state index in [0.29, 0.717) is 0 Å². The Labute approximate surface area is 177 Å². The summed E-state index contributed by atoms with van der Waals surface area (Å²) in [7, 11) is 0. The fourth-order valence-corrected chi connectivity index (χ4v) is 4.85. The molecule has 29 heavy (non-hydrogen) atoms. The van der Waals surface area contributed by atoms with Gasteiger partial charge in [0, 0.05) is 27.7 Å². The summed E-state index contributed by atoms with van der Waals surface area (Å²) in [6.45, 7) is 6.58. The number of hydrogen-bond acceptors (Lipinski definition) is 3. The van der Waals surface area contributed by atoms with Gasteiger partial charge in [0.15, 0.2) is 0 Å². The average molecular weight is 413 g/mol. The minimum atomic E-state index is -0.170. The summed E-state index contributed by atoms with van der Waals surface area (Å²) in [6.07, 6.45) is 7.01. The quantitative estimate of drug-likeness (QED) is 0.442. The predicted octanol–water partition coefficient (Wildman–Crippen LogP) is 6.24. The lowest BCUT2D eigenvalue weighted by atomic mass is 9.76. The lowest BCUT2D eigenvalue weighted by Gasteiger charge is -2.31. The molecule has 4 rings (SSSR count). The van der Waals surface area contributed by atoms with E-state index in [1.165, 1.54) is 12.1 Å². The Hall–Kier alpha value is -2.07.